The molecular formula is C15H22O. The van der Waals surface area contributed by atoms with Crippen LogP contribution in [0.4, 0.5) is 0 Å². The van der Waals surface area contributed by atoms with Crippen molar-refractivity contribution in [2.75, 3.05) is 0 Å². The molecule has 88 valence electrons. The minimum Gasteiger partial charge on any atom is -0.295 e. The molecule has 0 radical (unpaired) electrons. The van der Waals surface area contributed by atoms with Crippen molar-refractivity contribution in [1.29, 1.82) is 0 Å². The van der Waals surface area contributed by atoms with E-state index in [1.54, 1.807) is 0 Å². The first-order chi connectivity index (χ1) is 7.44. The third-order valence-electron chi connectivity index (χ3n) is 5.72. The molecule has 0 saturated heterocycles. The van der Waals surface area contributed by atoms with Gasteiger partial charge in [-0.15, -0.1) is 0 Å². The molecule has 2 fully saturated rings. The highest BCUT2D eigenvalue weighted by Crippen LogP contribution is 2.69. The highest BCUT2D eigenvalue weighted by atomic mass is 16.1. The SMILES string of the molecule is CC1=C2CC[C@@H](C)[C@H]2[C@H]2[C@H](CC1=O)C2(C)C. The first kappa shape index (κ1) is 10.6. The lowest BCUT2D eigenvalue weighted by Crippen LogP contribution is -2.14. The quantitative estimate of drug-likeness (QED) is 0.607. The minimum absolute atomic E-state index is 0.422. The fraction of sp³-hybridized carbons (Fsp3) is 0.800. The number of fused-ring (bicyclic) bond motifs is 3. The molecule has 0 aromatic carbocycles. The molecular weight excluding hydrogens is 196 g/mol. The van der Waals surface area contributed by atoms with E-state index in [1.807, 2.05) is 0 Å². The number of rotatable bonds is 0. The second-order valence-corrected chi connectivity index (χ2v) is 6.77. The molecule has 0 N–H and O–H groups in total. The normalized spacial score (nSPS) is 45.1. The zero-order valence-electron chi connectivity index (χ0n) is 10.8. The molecule has 0 bridgehead atoms. The van der Waals surface area contributed by atoms with Gasteiger partial charge in [-0.25, -0.2) is 0 Å². The predicted octanol–water partition coefficient (Wildman–Crippen LogP) is 3.59. The van der Waals surface area contributed by atoms with Gasteiger partial charge in [0.05, 0.1) is 0 Å². The lowest BCUT2D eigenvalue weighted by Gasteiger charge is -2.20. The molecule has 1 heteroatoms. The van der Waals surface area contributed by atoms with Crippen LogP contribution >= 0.6 is 0 Å². The van der Waals surface area contributed by atoms with Crippen LogP contribution < -0.4 is 0 Å². The Morgan fingerprint density at radius 1 is 1.31 bits per heavy atom. The zero-order valence-corrected chi connectivity index (χ0v) is 10.8. The Hall–Kier alpha value is -0.590. The molecule has 1 nitrogen and oxygen atoms in total. The predicted molar refractivity (Wildman–Crippen MR) is 65.0 cm³/mol. The lowest BCUT2D eigenvalue weighted by atomic mass is 9.84. The van der Waals surface area contributed by atoms with Crippen molar-refractivity contribution < 1.29 is 4.79 Å². The Morgan fingerprint density at radius 2 is 2.00 bits per heavy atom. The molecule has 3 aliphatic carbocycles. The number of ketones is 1. The monoisotopic (exact) mass is 218 g/mol. The van der Waals surface area contributed by atoms with Gasteiger partial charge < -0.3 is 0 Å². The van der Waals surface area contributed by atoms with Crippen LogP contribution in [0.15, 0.2) is 11.1 Å². The highest BCUT2D eigenvalue weighted by molar-refractivity contribution is 5.96. The molecule has 0 aromatic heterocycles. The van der Waals surface area contributed by atoms with E-state index in [9.17, 15) is 4.79 Å². The van der Waals surface area contributed by atoms with Crippen LogP contribution in [-0.4, -0.2) is 5.78 Å². The van der Waals surface area contributed by atoms with Gasteiger partial charge in [0.25, 0.3) is 0 Å². The van der Waals surface area contributed by atoms with Crippen molar-refractivity contribution in [3.8, 4) is 0 Å². The van der Waals surface area contributed by atoms with Crippen LogP contribution in [0.3, 0.4) is 0 Å². The fourth-order valence-electron chi connectivity index (χ4n) is 4.50. The van der Waals surface area contributed by atoms with E-state index in [0.29, 0.717) is 17.1 Å². The standard InChI is InChI=1S/C15H22O/c1-8-5-6-10-9(2)12(16)7-11-14(13(8)10)15(11,3)4/h8,11,13-14H,5-7H2,1-4H3/t8-,11+,13-,14-/m1/s1. The van der Waals surface area contributed by atoms with Gasteiger partial charge >= 0.3 is 0 Å². The highest BCUT2D eigenvalue weighted by Gasteiger charge is 2.64. The maximum absolute atomic E-state index is 12.1. The molecule has 4 atom stereocenters. The number of carbonyl (C=O) groups is 1. The molecule has 0 spiro atoms. The molecule has 0 aliphatic heterocycles. The molecule has 2 saturated carbocycles. The van der Waals surface area contributed by atoms with Gasteiger partial charge in [0.1, 0.15) is 0 Å². The number of hydrogen-bond donors (Lipinski definition) is 0. The Labute approximate surface area is 98.3 Å². The number of allylic oxidation sites excluding steroid dienone is 2. The summed E-state index contributed by atoms with van der Waals surface area (Å²) in [5.41, 5.74) is 3.07. The summed E-state index contributed by atoms with van der Waals surface area (Å²) in [4.78, 5) is 12.1. The summed E-state index contributed by atoms with van der Waals surface area (Å²) in [6.45, 7) is 9.17. The van der Waals surface area contributed by atoms with Crippen LogP contribution in [0, 0.1) is 29.1 Å². The van der Waals surface area contributed by atoms with Gasteiger partial charge in [0.2, 0.25) is 0 Å². The molecule has 16 heavy (non-hydrogen) atoms. The summed E-state index contributed by atoms with van der Waals surface area (Å²) in [5, 5.41) is 0. The van der Waals surface area contributed by atoms with Gasteiger partial charge in [-0.1, -0.05) is 26.3 Å². The Morgan fingerprint density at radius 3 is 2.69 bits per heavy atom. The van der Waals surface area contributed by atoms with Crippen molar-refractivity contribution >= 4 is 5.78 Å². The van der Waals surface area contributed by atoms with Crippen LogP contribution in [-0.2, 0) is 4.79 Å². The lowest BCUT2D eigenvalue weighted by molar-refractivity contribution is -0.116. The Bertz CT molecular complexity index is 388. The Kier molecular flexibility index (Phi) is 1.98. The second kappa shape index (κ2) is 3.00. The van der Waals surface area contributed by atoms with E-state index < -0.39 is 0 Å². The van der Waals surface area contributed by atoms with E-state index in [-0.39, 0.29) is 0 Å². The summed E-state index contributed by atoms with van der Waals surface area (Å²) >= 11 is 0. The van der Waals surface area contributed by atoms with Gasteiger partial charge in [0, 0.05) is 6.42 Å². The molecule has 0 amide bonds. The molecule has 0 heterocycles. The summed E-state index contributed by atoms with van der Waals surface area (Å²) in [7, 11) is 0. The summed E-state index contributed by atoms with van der Waals surface area (Å²) in [6.07, 6.45) is 3.29. The maximum Gasteiger partial charge on any atom is 0.158 e. The van der Waals surface area contributed by atoms with Crippen LogP contribution in [0.2, 0.25) is 0 Å². The maximum atomic E-state index is 12.1. The topological polar surface area (TPSA) is 17.1 Å². The summed E-state index contributed by atoms with van der Waals surface area (Å²) < 4.78 is 0. The minimum atomic E-state index is 0.422. The summed E-state index contributed by atoms with van der Waals surface area (Å²) in [6, 6.07) is 0. The van der Waals surface area contributed by atoms with Crippen molar-refractivity contribution in [3.63, 3.8) is 0 Å². The van der Waals surface area contributed by atoms with E-state index in [1.165, 1.54) is 18.4 Å². The molecule has 3 aliphatic rings. The average Bonchev–Trinajstić information content (AvgIpc) is 2.58. The van der Waals surface area contributed by atoms with Crippen molar-refractivity contribution in [3.05, 3.63) is 11.1 Å². The molecule has 0 aromatic rings. The largest absolute Gasteiger partial charge is 0.295 e. The third-order valence-corrected chi connectivity index (χ3v) is 5.72. The zero-order chi connectivity index (χ0) is 11.7. The van der Waals surface area contributed by atoms with E-state index >= 15 is 0 Å². The summed E-state index contributed by atoms with van der Waals surface area (Å²) in [5.74, 6) is 3.42. The van der Waals surface area contributed by atoms with Crippen molar-refractivity contribution in [1.82, 2.24) is 0 Å². The number of carbonyl (C=O) groups excluding carboxylic acids is 1. The molecule has 3 rings (SSSR count). The smallest absolute Gasteiger partial charge is 0.158 e. The third kappa shape index (κ3) is 1.15. The number of hydrogen-bond acceptors (Lipinski definition) is 1. The van der Waals surface area contributed by atoms with Crippen molar-refractivity contribution in [2.24, 2.45) is 29.1 Å². The van der Waals surface area contributed by atoms with Crippen LogP contribution in [0.5, 0.6) is 0 Å². The van der Waals surface area contributed by atoms with Gasteiger partial charge in [0.15, 0.2) is 5.78 Å². The molecule has 0 unspecified atom stereocenters. The first-order valence-electron chi connectivity index (χ1n) is 6.67. The Balaban J connectivity index is 2.06. The van der Waals surface area contributed by atoms with Gasteiger partial charge in [-0.2, -0.15) is 0 Å². The van der Waals surface area contributed by atoms with E-state index in [0.717, 1.165) is 29.7 Å². The van der Waals surface area contributed by atoms with Crippen LogP contribution in [0.1, 0.15) is 47.0 Å². The van der Waals surface area contributed by atoms with E-state index in [2.05, 4.69) is 27.7 Å². The fourth-order valence-corrected chi connectivity index (χ4v) is 4.50. The van der Waals surface area contributed by atoms with Gasteiger partial charge in [-0.3, -0.25) is 4.79 Å². The number of Topliss-reactive ketones (excluding diaryl/α,β-unsaturated/α-hetero) is 1. The second-order valence-electron chi connectivity index (χ2n) is 6.77. The van der Waals surface area contributed by atoms with Gasteiger partial charge in [-0.05, 0) is 54.4 Å². The van der Waals surface area contributed by atoms with Crippen molar-refractivity contribution in [2.45, 2.75) is 47.0 Å². The first-order valence-corrected chi connectivity index (χ1v) is 6.67. The van der Waals surface area contributed by atoms with Crippen LogP contribution in [0.25, 0.3) is 0 Å². The van der Waals surface area contributed by atoms with E-state index in [4.69, 9.17) is 0 Å². The average molecular weight is 218 g/mol.